The number of piperazine rings is 1. The topological polar surface area (TPSA) is 64.6 Å². The van der Waals surface area contributed by atoms with Crippen molar-refractivity contribution in [1.29, 1.82) is 0 Å². The van der Waals surface area contributed by atoms with Crippen LogP contribution in [0.15, 0.2) is 85.1 Å². The maximum absolute atomic E-state index is 13.6. The summed E-state index contributed by atoms with van der Waals surface area (Å²) < 4.78 is 0. The van der Waals surface area contributed by atoms with Gasteiger partial charge in [0.05, 0.1) is 11.1 Å². The number of nitrogens with one attached hydrogen (secondary N) is 1. The number of carbonyl (C=O) groups excluding carboxylic acids is 1. The van der Waals surface area contributed by atoms with Crippen molar-refractivity contribution in [2.45, 2.75) is 25.4 Å². The molecular weight excluding hydrogens is 472 g/mol. The molecule has 194 valence electrons. The maximum Gasteiger partial charge on any atom is 0.252 e. The minimum atomic E-state index is -0.00141. The first kappa shape index (κ1) is 24.4. The molecule has 4 aromatic rings. The Morgan fingerprint density at radius 3 is 2.21 bits per heavy atom. The highest BCUT2D eigenvalue weighted by molar-refractivity contribution is 6.07. The summed E-state index contributed by atoms with van der Waals surface area (Å²) in [7, 11) is 0. The van der Waals surface area contributed by atoms with Crippen LogP contribution in [0.25, 0.3) is 10.9 Å². The van der Waals surface area contributed by atoms with Gasteiger partial charge in [0.15, 0.2) is 0 Å². The van der Waals surface area contributed by atoms with Crippen LogP contribution in [0.1, 0.15) is 28.8 Å². The molecule has 7 nitrogen and oxygen atoms in total. The molecule has 2 fully saturated rings. The number of anilines is 2. The molecule has 4 heterocycles. The lowest BCUT2D eigenvalue weighted by molar-refractivity contribution is 0.0910. The van der Waals surface area contributed by atoms with Gasteiger partial charge in [-0.05, 0) is 42.7 Å². The molecule has 2 aromatic heterocycles. The Bertz CT molecular complexity index is 1360. The van der Waals surface area contributed by atoms with E-state index in [2.05, 4.69) is 61.4 Å². The van der Waals surface area contributed by atoms with Crippen molar-refractivity contribution in [1.82, 2.24) is 20.2 Å². The van der Waals surface area contributed by atoms with Crippen LogP contribution < -0.4 is 15.1 Å². The third-order valence-corrected chi connectivity index (χ3v) is 7.70. The standard InChI is InChI=1S/C31H34N6O/c38-31(33-25-13-16-35(17-14-25)23-24-8-2-1-3-9-24)27-22-30(34-28-11-5-4-10-26(27)28)37-20-18-36(19-21-37)29-12-6-7-15-32-29/h1-12,15,22,25H,13-14,16-21,23H2,(H,33,38). The highest BCUT2D eigenvalue weighted by atomic mass is 16.1. The van der Waals surface area contributed by atoms with Crippen LogP contribution in [0.3, 0.4) is 0 Å². The van der Waals surface area contributed by atoms with E-state index in [9.17, 15) is 4.79 Å². The second-order valence-corrected chi connectivity index (χ2v) is 10.2. The monoisotopic (exact) mass is 506 g/mol. The van der Waals surface area contributed by atoms with Gasteiger partial charge in [-0.15, -0.1) is 0 Å². The molecule has 0 unspecified atom stereocenters. The molecule has 0 saturated carbocycles. The van der Waals surface area contributed by atoms with E-state index in [-0.39, 0.29) is 11.9 Å². The molecule has 38 heavy (non-hydrogen) atoms. The quantitative estimate of drug-likeness (QED) is 0.420. The Morgan fingerprint density at radius 1 is 0.789 bits per heavy atom. The second-order valence-electron chi connectivity index (χ2n) is 10.2. The zero-order valence-corrected chi connectivity index (χ0v) is 21.7. The number of fused-ring (bicyclic) bond motifs is 1. The largest absolute Gasteiger partial charge is 0.353 e. The number of hydrogen-bond donors (Lipinski definition) is 1. The van der Waals surface area contributed by atoms with E-state index in [4.69, 9.17) is 4.98 Å². The van der Waals surface area contributed by atoms with Crippen LogP contribution in [0, 0.1) is 0 Å². The maximum atomic E-state index is 13.6. The fourth-order valence-electron chi connectivity index (χ4n) is 5.56. The smallest absolute Gasteiger partial charge is 0.252 e. The fraction of sp³-hybridized carbons (Fsp3) is 0.323. The molecule has 0 radical (unpaired) electrons. The number of rotatable bonds is 6. The number of pyridine rings is 2. The molecule has 6 rings (SSSR count). The second kappa shape index (κ2) is 11.2. The molecule has 2 aliphatic rings. The lowest BCUT2D eigenvalue weighted by atomic mass is 10.0. The van der Waals surface area contributed by atoms with Crippen molar-refractivity contribution in [3.63, 3.8) is 0 Å². The molecular formula is C31H34N6O. The van der Waals surface area contributed by atoms with E-state index < -0.39 is 0 Å². The summed E-state index contributed by atoms with van der Waals surface area (Å²) in [5, 5.41) is 4.25. The minimum Gasteiger partial charge on any atom is -0.353 e. The number of likely N-dealkylation sites (tertiary alicyclic amines) is 1. The van der Waals surface area contributed by atoms with Crippen LogP contribution in [-0.2, 0) is 6.54 Å². The van der Waals surface area contributed by atoms with Gasteiger partial charge in [-0.1, -0.05) is 54.6 Å². The summed E-state index contributed by atoms with van der Waals surface area (Å²) in [6.07, 6.45) is 3.76. The van der Waals surface area contributed by atoms with Gasteiger partial charge < -0.3 is 15.1 Å². The fourth-order valence-corrected chi connectivity index (χ4v) is 5.56. The van der Waals surface area contributed by atoms with Gasteiger partial charge in [0.25, 0.3) is 5.91 Å². The van der Waals surface area contributed by atoms with Gasteiger partial charge in [-0.2, -0.15) is 0 Å². The summed E-state index contributed by atoms with van der Waals surface area (Å²) >= 11 is 0. The van der Waals surface area contributed by atoms with Crippen molar-refractivity contribution < 1.29 is 4.79 Å². The summed E-state index contributed by atoms with van der Waals surface area (Å²) in [4.78, 5) is 30.1. The van der Waals surface area contributed by atoms with Gasteiger partial charge in [0, 0.05) is 63.4 Å². The number of piperidine rings is 1. The van der Waals surface area contributed by atoms with Gasteiger partial charge in [0.1, 0.15) is 11.6 Å². The molecule has 0 atom stereocenters. The van der Waals surface area contributed by atoms with Crippen LogP contribution in [-0.4, -0.2) is 66.1 Å². The van der Waals surface area contributed by atoms with Gasteiger partial charge in [0.2, 0.25) is 0 Å². The number of benzene rings is 2. The zero-order valence-electron chi connectivity index (χ0n) is 21.7. The first-order valence-corrected chi connectivity index (χ1v) is 13.6. The highest BCUT2D eigenvalue weighted by Crippen LogP contribution is 2.25. The first-order valence-electron chi connectivity index (χ1n) is 13.6. The van der Waals surface area contributed by atoms with Crippen molar-refractivity contribution in [3.05, 3.63) is 96.2 Å². The third kappa shape index (κ3) is 5.48. The molecule has 2 aliphatic heterocycles. The van der Waals surface area contributed by atoms with Crippen molar-refractivity contribution in [3.8, 4) is 0 Å². The van der Waals surface area contributed by atoms with Crippen LogP contribution in [0.5, 0.6) is 0 Å². The number of hydrogen-bond acceptors (Lipinski definition) is 6. The molecule has 7 heteroatoms. The average molecular weight is 507 g/mol. The normalized spacial score (nSPS) is 17.1. The zero-order chi connectivity index (χ0) is 25.7. The molecule has 0 bridgehead atoms. The van der Waals surface area contributed by atoms with Crippen molar-refractivity contribution in [2.24, 2.45) is 0 Å². The lowest BCUT2D eigenvalue weighted by Gasteiger charge is -2.36. The Balaban J connectivity index is 1.13. The number of para-hydroxylation sites is 1. The Kier molecular flexibility index (Phi) is 7.18. The van der Waals surface area contributed by atoms with E-state index in [1.54, 1.807) is 0 Å². The Morgan fingerprint density at radius 2 is 1.47 bits per heavy atom. The molecule has 1 amide bonds. The van der Waals surface area contributed by atoms with Crippen LogP contribution >= 0.6 is 0 Å². The van der Waals surface area contributed by atoms with E-state index >= 15 is 0 Å². The molecule has 0 aliphatic carbocycles. The first-order chi connectivity index (χ1) is 18.7. The molecule has 1 N–H and O–H groups in total. The van der Waals surface area contributed by atoms with Crippen molar-refractivity contribution >= 4 is 28.4 Å². The Labute approximate surface area is 224 Å². The summed E-state index contributed by atoms with van der Waals surface area (Å²) in [5.74, 6) is 1.87. The molecule has 2 saturated heterocycles. The van der Waals surface area contributed by atoms with Crippen LogP contribution in [0.4, 0.5) is 11.6 Å². The number of aromatic nitrogens is 2. The van der Waals surface area contributed by atoms with E-state index in [1.807, 2.05) is 48.7 Å². The lowest BCUT2D eigenvalue weighted by Crippen LogP contribution is -2.47. The van der Waals surface area contributed by atoms with E-state index in [0.717, 1.165) is 81.2 Å². The summed E-state index contributed by atoms with van der Waals surface area (Å²) in [6, 6.07) is 26.8. The van der Waals surface area contributed by atoms with E-state index in [1.165, 1.54) is 5.56 Å². The summed E-state index contributed by atoms with van der Waals surface area (Å²) in [5.41, 5.74) is 2.91. The SMILES string of the molecule is O=C(NC1CCN(Cc2ccccc2)CC1)c1cc(N2CCN(c3ccccn3)CC2)nc2ccccc12. The number of carbonyl (C=O) groups is 1. The third-order valence-electron chi connectivity index (χ3n) is 7.70. The predicted molar refractivity (Wildman–Crippen MR) is 153 cm³/mol. The molecule has 0 spiro atoms. The van der Waals surface area contributed by atoms with Crippen molar-refractivity contribution in [2.75, 3.05) is 49.1 Å². The van der Waals surface area contributed by atoms with Gasteiger partial charge in [-0.3, -0.25) is 9.69 Å². The molecule has 2 aromatic carbocycles. The minimum absolute atomic E-state index is 0.00141. The predicted octanol–water partition coefficient (Wildman–Crippen LogP) is 4.35. The Hall–Kier alpha value is -3.97. The van der Waals surface area contributed by atoms with E-state index in [0.29, 0.717) is 5.56 Å². The number of nitrogens with zero attached hydrogens (tertiary/aromatic N) is 5. The van der Waals surface area contributed by atoms with Gasteiger partial charge >= 0.3 is 0 Å². The average Bonchev–Trinajstić information content (AvgIpc) is 2.98. The highest BCUT2D eigenvalue weighted by Gasteiger charge is 2.24. The van der Waals surface area contributed by atoms with Crippen LogP contribution in [0.2, 0.25) is 0 Å². The summed E-state index contributed by atoms with van der Waals surface area (Å²) in [6.45, 7) is 6.35. The number of amides is 1. The van der Waals surface area contributed by atoms with Gasteiger partial charge in [-0.25, -0.2) is 9.97 Å².